The van der Waals surface area contributed by atoms with Crippen molar-refractivity contribution in [2.24, 2.45) is 0 Å². The molecule has 2 aromatic carbocycles. The third-order valence-electron chi connectivity index (χ3n) is 4.15. The lowest BCUT2D eigenvalue weighted by Gasteiger charge is -2.27. The Hall–Kier alpha value is -3.74. The van der Waals surface area contributed by atoms with Gasteiger partial charge in [-0.05, 0) is 18.2 Å². The van der Waals surface area contributed by atoms with E-state index in [-0.39, 0.29) is 17.4 Å². The van der Waals surface area contributed by atoms with E-state index in [4.69, 9.17) is 4.74 Å². The number of carbonyl (C=O) groups is 1. The monoisotopic (exact) mass is 347 g/mol. The summed E-state index contributed by atoms with van der Waals surface area (Å²) in [5, 5.41) is 13.5. The lowest BCUT2D eigenvalue weighted by atomic mass is 9.87. The molecular weight excluding hydrogens is 334 g/mol. The van der Waals surface area contributed by atoms with E-state index in [0.717, 1.165) is 17.3 Å². The maximum Gasteiger partial charge on any atom is 0.287 e. The van der Waals surface area contributed by atoms with Crippen molar-refractivity contribution in [1.82, 2.24) is 4.98 Å². The van der Waals surface area contributed by atoms with Gasteiger partial charge < -0.3 is 10.1 Å². The van der Waals surface area contributed by atoms with E-state index in [1.54, 1.807) is 0 Å². The number of ether oxygens (including phenoxy) is 1. The van der Waals surface area contributed by atoms with Crippen molar-refractivity contribution in [3.8, 4) is 11.5 Å². The molecule has 0 unspecified atom stereocenters. The average Bonchev–Trinajstić information content (AvgIpc) is 2.66. The molecule has 3 aromatic rings. The molecule has 1 N–H and O–H groups in total. The minimum absolute atomic E-state index is 0.134. The van der Waals surface area contributed by atoms with Gasteiger partial charge in [0.15, 0.2) is 0 Å². The lowest BCUT2D eigenvalue weighted by molar-refractivity contribution is -0.385. The van der Waals surface area contributed by atoms with Gasteiger partial charge in [0.2, 0.25) is 5.91 Å². The van der Waals surface area contributed by atoms with Crippen molar-refractivity contribution in [3.63, 3.8) is 0 Å². The smallest absolute Gasteiger partial charge is 0.287 e. The number of nitrogens with zero attached hydrogens (tertiary/aromatic N) is 2. The first kappa shape index (κ1) is 15.8. The van der Waals surface area contributed by atoms with E-state index in [9.17, 15) is 14.9 Å². The molecule has 1 aliphatic rings. The van der Waals surface area contributed by atoms with Crippen molar-refractivity contribution < 1.29 is 14.5 Å². The molecule has 1 aliphatic heterocycles. The molecule has 0 saturated carbocycles. The largest absolute Gasteiger partial charge is 0.457 e. The quantitative estimate of drug-likeness (QED) is 0.573. The fourth-order valence-electron chi connectivity index (χ4n) is 2.96. The fraction of sp³-hybridized carbons (Fsp3) is 0.0526. The second-order valence-electron chi connectivity index (χ2n) is 5.76. The van der Waals surface area contributed by atoms with Crippen LogP contribution >= 0.6 is 0 Å². The summed E-state index contributed by atoms with van der Waals surface area (Å²) in [4.78, 5) is 27.1. The molecule has 0 saturated heterocycles. The van der Waals surface area contributed by atoms with Crippen LogP contribution in [0, 0.1) is 10.1 Å². The van der Waals surface area contributed by atoms with Crippen LogP contribution in [0.4, 0.5) is 11.5 Å². The summed E-state index contributed by atoms with van der Waals surface area (Å²) in [5.74, 6) is 0.663. The van der Waals surface area contributed by atoms with Crippen LogP contribution in [0.3, 0.4) is 0 Å². The standard InChI is InChI=1S/C19H13N3O4/c23-19(21-17-10-9-12(11-20-17)22(24)25)18-13-5-1-3-7-15(13)26-16-8-4-2-6-14(16)18/h1-11,18H,(H,20,21,23). The van der Waals surface area contributed by atoms with Gasteiger partial charge >= 0.3 is 0 Å². The number of nitrogens with one attached hydrogen (secondary N) is 1. The number of carbonyl (C=O) groups excluding carboxylic acids is 1. The number of benzene rings is 2. The molecule has 26 heavy (non-hydrogen) atoms. The molecule has 2 heterocycles. The Balaban J connectivity index is 1.68. The molecule has 4 rings (SSSR count). The summed E-state index contributed by atoms with van der Waals surface area (Å²) < 4.78 is 5.88. The van der Waals surface area contributed by atoms with Gasteiger partial charge in [0.25, 0.3) is 5.69 Å². The van der Waals surface area contributed by atoms with Crippen molar-refractivity contribution in [2.75, 3.05) is 5.32 Å². The molecule has 0 fully saturated rings. The van der Waals surface area contributed by atoms with Crippen LogP contribution in [0.2, 0.25) is 0 Å². The summed E-state index contributed by atoms with van der Waals surface area (Å²) >= 11 is 0. The van der Waals surface area contributed by atoms with Crippen molar-refractivity contribution in [2.45, 2.75) is 5.92 Å². The number of hydrogen-bond acceptors (Lipinski definition) is 5. The topological polar surface area (TPSA) is 94.4 Å². The molecule has 0 atom stereocenters. The summed E-state index contributed by atoms with van der Waals surface area (Å²) in [6, 6.07) is 17.4. The van der Waals surface area contributed by atoms with Crippen LogP contribution in [0.5, 0.6) is 11.5 Å². The summed E-state index contributed by atoms with van der Waals surface area (Å²) in [6.07, 6.45) is 1.11. The molecule has 7 nitrogen and oxygen atoms in total. The van der Waals surface area contributed by atoms with Crippen molar-refractivity contribution in [1.29, 1.82) is 0 Å². The molecule has 1 aromatic heterocycles. The number of aromatic nitrogens is 1. The van der Waals surface area contributed by atoms with Gasteiger partial charge in [0.05, 0.1) is 10.8 Å². The Bertz CT molecular complexity index is 956. The number of nitro groups is 1. The highest BCUT2D eigenvalue weighted by atomic mass is 16.6. The minimum Gasteiger partial charge on any atom is -0.457 e. The maximum absolute atomic E-state index is 13.0. The van der Waals surface area contributed by atoms with Crippen molar-refractivity contribution in [3.05, 3.63) is 88.1 Å². The second kappa shape index (κ2) is 6.29. The Labute approximate surface area is 148 Å². The number of amides is 1. The predicted molar refractivity (Wildman–Crippen MR) is 94.3 cm³/mol. The number of rotatable bonds is 3. The molecule has 0 aliphatic carbocycles. The third-order valence-corrected chi connectivity index (χ3v) is 4.15. The second-order valence-corrected chi connectivity index (χ2v) is 5.76. The van der Waals surface area contributed by atoms with E-state index >= 15 is 0 Å². The van der Waals surface area contributed by atoms with Crippen LogP contribution in [0.15, 0.2) is 66.9 Å². The molecule has 1 amide bonds. The lowest BCUT2D eigenvalue weighted by Crippen LogP contribution is -2.25. The average molecular weight is 347 g/mol. The maximum atomic E-state index is 13.0. The van der Waals surface area contributed by atoms with E-state index < -0.39 is 10.8 Å². The first-order valence-corrected chi connectivity index (χ1v) is 7.90. The highest BCUT2D eigenvalue weighted by Crippen LogP contribution is 2.44. The van der Waals surface area contributed by atoms with Gasteiger partial charge in [-0.15, -0.1) is 0 Å². The van der Waals surface area contributed by atoms with Gasteiger partial charge in [-0.3, -0.25) is 14.9 Å². The number of para-hydroxylation sites is 2. The van der Waals surface area contributed by atoms with E-state index in [2.05, 4.69) is 10.3 Å². The fourth-order valence-corrected chi connectivity index (χ4v) is 2.96. The van der Waals surface area contributed by atoms with Gasteiger partial charge in [-0.25, -0.2) is 4.98 Å². The highest BCUT2D eigenvalue weighted by molar-refractivity contribution is 5.99. The summed E-state index contributed by atoms with van der Waals surface area (Å²) in [5.41, 5.74) is 1.38. The van der Waals surface area contributed by atoms with Gasteiger partial charge in [0, 0.05) is 17.2 Å². The molecule has 0 spiro atoms. The Morgan fingerprint density at radius 1 is 1.00 bits per heavy atom. The first-order valence-electron chi connectivity index (χ1n) is 7.90. The van der Waals surface area contributed by atoms with Crippen LogP contribution in [0.1, 0.15) is 17.0 Å². The molecule has 0 radical (unpaired) electrons. The number of pyridine rings is 1. The highest BCUT2D eigenvalue weighted by Gasteiger charge is 2.32. The van der Waals surface area contributed by atoms with Crippen LogP contribution < -0.4 is 10.1 Å². The Morgan fingerprint density at radius 3 is 2.15 bits per heavy atom. The van der Waals surface area contributed by atoms with Crippen LogP contribution in [-0.4, -0.2) is 15.8 Å². The van der Waals surface area contributed by atoms with Crippen LogP contribution in [-0.2, 0) is 4.79 Å². The zero-order chi connectivity index (χ0) is 18.1. The van der Waals surface area contributed by atoms with E-state index in [1.807, 2.05) is 48.5 Å². The number of fused-ring (bicyclic) bond motifs is 2. The summed E-state index contributed by atoms with van der Waals surface area (Å²) in [6.45, 7) is 0. The van der Waals surface area contributed by atoms with Crippen molar-refractivity contribution >= 4 is 17.4 Å². The van der Waals surface area contributed by atoms with E-state index in [1.165, 1.54) is 12.1 Å². The predicted octanol–water partition coefficient (Wildman–Crippen LogP) is 3.87. The zero-order valence-corrected chi connectivity index (χ0v) is 13.5. The molecule has 7 heteroatoms. The molecule has 0 bridgehead atoms. The normalized spacial score (nSPS) is 12.5. The zero-order valence-electron chi connectivity index (χ0n) is 13.5. The number of hydrogen-bond donors (Lipinski definition) is 1. The first-order chi connectivity index (χ1) is 12.6. The number of anilines is 1. The van der Waals surface area contributed by atoms with Gasteiger partial charge in [0.1, 0.15) is 23.5 Å². The van der Waals surface area contributed by atoms with E-state index in [0.29, 0.717) is 11.5 Å². The molecule has 128 valence electrons. The third kappa shape index (κ3) is 2.75. The SMILES string of the molecule is O=C(Nc1ccc([N+](=O)[O-])cn1)C1c2ccccc2Oc2ccccc21. The Kier molecular flexibility index (Phi) is 3.81. The van der Waals surface area contributed by atoms with Gasteiger partial charge in [-0.1, -0.05) is 36.4 Å². The summed E-state index contributed by atoms with van der Waals surface area (Å²) in [7, 11) is 0. The minimum atomic E-state index is -0.562. The van der Waals surface area contributed by atoms with Gasteiger partial charge in [-0.2, -0.15) is 0 Å². The van der Waals surface area contributed by atoms with Crippen LogP contribution in [0.25, 0.3) is 0 Å². The Morgan fingerprint density at radius 2 is 1.62 bits per heavy atom. The molecular formula is C19H13N3O4.